The van der Waals surface area contributed by atoms with E-state index in [1.165, 1.54) is 40.4 Å². The molecule has 8 heteroatoms. The van der Waals surface area contributed by atoms with Gasteiger partial charge >= 0.3 is 0 Å². The number of aryl methyl sites for hydroxylation is 1. The van der Waals surface area contributed by atoms with Crippen LogP contribution in [0.2, 0.25) is 5.02 Å². The van der Waals surface area contributed by atoms with Crippen molar-refractivity contribution in [1.82, 2.24) is 15.0 Å². The largest absolute Gasteiger partial charge is 0.325 e. The van der Waals surface area contributed by atoms with Crippen molar-refractivity contribution in [2.75, 3.05) is 11.1 Å². The van der Waals surface area contributed by atoms with E-state index in [4.69, 9.17) is 16.6 Å². The maximum Gasteiger partial charge on any atom is 0.234 e. The van der Waals surface area contributed by atoms with Gasteiger partial charge in [-0.15, -0.1) is 11.3 Å². The van der Waals surface area contributed by atoms with E-state index in [2.05, 4.69) is 29.1 Å². The Bertz CT molecular complexity index is 1320. The topological polar surface area (TPSA) is 67.8 Å². The number of thioether (sulfide) groups is 1. The first-order valence-corrected chi connectivity index (χ1v) is 12.9. The molecular formula is C24H23ClN4OS2. The van der Waals surface area contributed by atoms with E-state index >= 15 is 0 Å². The molecule has 0 saturated heterocycles. The van der Waals surface area contributed by atoms with Crippen molar-refractivity contribution in [3.05, 3.63) is 52.4 Å². The van der Waals surface area contributed by atoms with E-state index < -0.39 is 0 Å². The summed E-state index contributed by atoms with van der Waals surface area (Å²) in [6.45, 7) is 4.49. The minimum Gasteiger partial charge on any atom is -0.325 e. The van der Waals surface area contributed by atoms with Gasteiger partial charge in [0.15, 0.2) is 0 Å². The lowest BCUT2D eigenvalue weighted by molar-refractivity contribution is -0.113. The highest BCUT2D eigenvalue weighted by atomic mass is 35.5. The molecule has 5 rings (SSSR count). The fraction of sp³-hybridized carbons (Fsp3) is 0.333. The number of nitrogens with one attached hydrogen (secondary N) is 1. The van der Waals surface area contributed by atoms with Crippen LogP contribution in [-0.4, -0.2) is 26.6 Å². The highest BCUT2D eigenvalue weighted by molar-refractivity contribution is 8.00. The molecular weight excluding hydrogens is 460 g/mol. The van der Waals surface area contributed by atoms with Crippen molar-refractivity contribution in [2.24, 2.45) is 5.92 Å². The molecule has 4 aromatic rings. The van der Waals surface area contributed by atoms with E-state index in [9.17, 15) is 4.79 Å². The minimum absolute atomic E-state index is 0.0802. The number of thiophene rings is 1. The zero-order chi connectivity index (χ0) is 22.2. The minimum atomic E-state index is -0.0802. The molecule has 1 aromatic carbocycles. The van der Waals surface area contributed by atoms with E-state index in [1.807, 2.05) is 0 Å². The number of carbonyl (C=O) groups is 1. The number of rotatable bonds is 6. The lowest BCUT2D eigenvalue weighted by atomic mass is 9.99. The molecule has 0 unspecified atom stereocenters. The summed E-state index contributed by atoms with van der Waals surface area (Å²) in [5, 5.41) is 5.57. The average Bonchev–Trinajstić information content (AvgIpc) is 3.38. The van der Waals surface area contributed by atoms with Crippen molar-refractivity contribution in [1.29, 1.82) is 0 Å². The monoisotopic (exact) mass is 482 g/mol. The number of hydrogen-bond donors (Lipinski definition) is 1. The number of aromatic nitrogens is 3. The molecule has 0 saturated carbocycles. The second-order valence-electron chi connectivity index (χ2n) is 8.45. The highest BCUT2D eigenvalue weighted by Crippen LogP contribution is 2.42. The maximum atomic E-state index is 12.5. The molecule has 3 heterocycles. The number of amides is 1. The maximum absolute atomic E-state index is 12.5. The number of pyridine rings is 1. The van der Waals surface area contributed by atoms with Crippen LogP contribution < -0.4 is 5.32 Å². The molecule has 1 N–H and O–H groups in total. The van der Waals surface area contributed by atoms with Gasteiger partial charge in [0.1, 0.15) is 16.2 Å². The van der Waals surface area contributed by atoms with Crippen LogP contribution >= 0.6 is 34.7 Å². The van der Waals surface area contributed by atoms with E-state index in [0.717, 1.165) is 45.0 Å². The Labute approximate surface area is 200 Å². The standard InChI is InChI=1S/C24H23ClN4OS2/c1-13(2)10-18-16-4-3-5-17(16)20-21-22(32-23(20)29-18)24(27-12-26-21)31-11-19(30)28-15-8-6-14(25)7-9-15/h6-9,12-13H,3-5,10-11H2,1-2H3,(H,28,30). The summed E-state index contributed by atoms with van der Waals surface area (Å²) in [6, 6.07) is 7.10. The number of hydrogen-bond acceptors (Lipinski definition) is 6. The number of nitrogens with zero attached hydrogens (tertiary/aromatic N) is 3. The highest BCUT2D eigenvalue weighted by Gasteiger charge is 2.24. The molecule has 0 radical (unpaired) electrons. The summed E-state index contributed by atoms with van der Waals surface area (Å²) in [4.78, 5) is 27.7. The molecule has 32 heavy (non-hydrogen) atoms. The Balaban J connectivity index is 1.45. The molecule has 1 aliphatic rings. The number of benzene rings is 1. The second kappa shape index (κ2) is 8.96. The third kappa shape index (κ3) is 4.21. The van der Waals surface area contributed by atoms with Crippen LogP contribution in [0.15, 0.2) is 35.6 Å². The van der Waals surface area contributed by atoms with Crippen LogP contribution in [0.3, 0.4) is 0 Å². The molecule has 0 atom stereocenters. The van der Waals surface area contributed by atoms with Crippen molar-refractivity contribution in [3.8, 4) is 0 Å². The van der Waals surface area contributed by atoms with Crippen LogP contribution in [0, 0.1) is 5.92 Å². The van der Waals surface area contributed by atoms with Gasteiger partial charge in [-0.05, 0) is 67.0 Å². The van der Waals surface area contributed by atoms with Gasteiger partial charge in [-0.25, -0.2) is 15.0 Å². The van der Waals surface area contributed by atoms with Crippen molar-refractivity contribution in [3.63, 3.8) is 0 Å². The first kappa shape index (κ1) is 21.6. The molecule has 1 amide bonds. The average molecular weight is 483 g/mol. The van der Waals surface area contributed by atoms with Crippen LogP contribution in [0.4, 0.5) is 5.69 Å². The fourth-order valence-corrected chi connectivity index (χ4v) is 6.46. The first-order chi connectivity index (χ1) is 15.5. The summed E-state index contributed by atoms with van der Waals surface area (Å²) in [5.41, 5.74) is 5.80. The van der Waals surface area contributed by atoms with Crippen LogP contribution in [-0.2, 0) is 24.1 Å². The van der Waals surface area contributed by atoms with E-state index in [-0.39, 0.29) is 11.7 Å². The SMILES string of the molecule is CC(C)Cc1nc2sc3c(SCC(=O)Nc4ccc(Cl)cc4)ncnc3c2c2c1CCC2. The number of fused-ring (bicyclic) bond motifs is 5. The molecule has 0 fully saturated rings. The Morgan fingerprint density at radius 1 is 1.19 bits per heavy atom. The predicted octanol–water partition coefficient (Wildman–Crippen LogP) is 6.31. The Morgan fingerprint density at radius 3 is 2.75 bits per heavy atom. The lowest BCUT2D eigenvalue weighted by Crippen LogP contribution is -2.14. The van der Waals surface area contributed by atoms with E-state index in [0.29, 0.717) is 10.9 Å². The first-order valence-electron chi connectivity index (χ1n) is 10.8. The summed E-state index contributed by atoms with van der Waals surface area (Å²) < 4.78 is 1.02. The van der Waals surface area contributed by atoms with Crippen molar-refractivity contribution >= 4 is 66.7 Å². The van der Waals surface area contributed by atoms with E-state index in [1.54, 1.807) is 41.9 Å². The fourth-order valence-electron chi connectivity index (χ4n) is 4.28. The summed E-state index contributed by atoms with van der Waals surface area (Å²) >= 11 is 9.00. The van der Waals surface area contributed by atoms with Crippen molar-refractivity contribution < 1.29 is 4.79 Å². The van der Waals surface area contributed by atoms with Gasteiger partial charge in [0.2, 0.25) is 5.91 Å². The smallest absolute Gasteiger partial charge is 0.234 e. The number of halogens is 1. The van der Waals surface area contributed by atoms with Crippen molar-refractivity contribution in [2.45, 2.75) is 44.6 Å². The van der Waals surface area contributed by atoms with Gasteiger partial charge in [0.05, 0.1) is 16.0 Å². The Hall–Kier alpha value is -2.22. The Morgan fingerprint density at radius 2 is 1.97 bits per heavy atom. The van der Waals surface area contributed by atoms with Gasteiger partial charge in [-0.1, -0.05) is 37.2 Å². The number of carbonyl (C=O) groups excluding carboxylic acids is 1. The predicted molar refractivity (Wildman–Crippen MR) is 134 cm³/mol. The molecule has 5 nitrogen and oxygen atoms in total. The molecule has 164 valence electrons. The van der Waals surface area contributed by atoms with Gasteiger partial charge in [-0.3, -0.25) is 4.79 Å². The quantitative estimate of drug-likeness (QED) is 0.257. The summed E-state index contributed by atoms with van der Waals surface area (Å²) in [7, 11) is 0. The molecule has 0 bridgehead atoms. The van der Waals surface area contributed by atoms with Crippen LogP contribution in [0.1, 0.15) is 37.1 Å². The molecule has 3 aromatic heterocycles. The Kier molecular flexibility index (Phi) is 6.05. The van der Waals surface area contributed by atoms with Crippen LogP contribution in [0.5, 0.6) is 0 Å². The van der Waals surface area contributed by atoms with Gasteiger partial charge < -0.3 is 5.32 Å². The lowest BCUT2D eigenvalue weighted by Gasteiger charge is -2.11. The normalized spacial score (nSPS) is 13.2. The third-order valence-corrected chi connectivity index (χ3v) is 8.04. The third-order valence-electron chi connectivity index (χ3n) is 5.59. The molecule has 1 aliphatic carbocycles. The zero-order valence-electron chi connectivity index (χ0n) is 17.9. The number of anilines is 1. The molecule has 0 spiro atoms. The molecule has 0 aliphatic heterocycles. The second-order valence-corrected chi connectivity index (χ2v) is 10.8. The van der Waals surface area contributed by atoms with Gasteiger partial charge in [0.25, 0.3) is 0 Å². The summed E-state index contributed by atoms with van der Waals surface area (Å²) in [6.07, 6.45) is 5.98. The van der Waals surface area contributed by atoms with Crippen LogP contribution in [0.25, 0.3) is 20.4 Å². The van der Waals surface area contributed by atoms with Gasteiger partial charge in [0, 0.05) is 21.8 Å². The summed E-state index contributed by atoms with van der Waals surface area (Å²) in [5.74, 6) is 0.764. The van der Waals surface area contributed by atoms with Gasteiger partial charge in [-0.2, -0.15) is 0 Å². The zero-order valence-corrected chi connectivity index (χ0v) is 20.3.